The van der Waals surface area contributed by atoms with Crippen molar-refractivity contribution in [1.82, 2.24) is 0 Å². The number of aliphatic hydroxyl groups excluding tert-OH is 1. The molecule has 5 nitrogen and oxygen atoms in total. The third-order valence-electron chi connectivity index (χ3n) is 7.20. The van der Waals surface area contributed by atoms with Gasteiger partial charge in [0.15, 0.2) is 0 Å². The van der Waals surface area contributed by atoms with Gasteiger partial charge in [-0.1, -0.05) is 40.2 Å². The number of thiophene rings is 2. The van der Waals surface area contributed by atoms with E-state index in [-0.39, 0.29) is 36.8 Å². The number of hydrogen-bond donors (Lipinski definition) is 1. The van der Waals surface area contributed by atoms with Gasteiger partial charge in [0, 0.05) is 35.3 Å². The number of alkyl halides is 1. The van der Waals surface area contributed by atoms with Gasteiger partial charge in [0.1, 0.15) is 23.3 Å². The predicted molar refractivity (Wildman–Crippen MR) is 185 cm³/mol. The highest BCUT2D eigenvalue weighted by atomic mass is 79.9. The Labute approximate surface area is 289 Å². The van der Waals surface area contributed by atoms with Crippen molar-refractivity contribution in [1.29, 1.82) is 0 Å². The minimum atomic E-state index is -0.738. The zero-order valence-corrected chi connectivity index (χ0v) is 28.8. The van der Waals surface area contributed by atoms with E-state index in [1.165, 1.54) is 65.1 Å². The van der Waals surface area contributed by atoms with Gasteiger partial charge < -0.3 is 14.6 Å². The van der Waals surface area contributed by atoms with Gasteiger partial charge in [-0.05, 0) is 84.6 Å². The molecule has 248 valence electrons. The van der Waals surface area contributed by atoms with Crippen LogP contribution in [0, 0.1) is 23.3 Å². The Kier molecular flexibility index (Phi) is 11.3. The number of halogens is 5. The smallest absolute Gasteiger partial charge is 0.341 e. The molecule has 2 aromatic heterocycles. The number of carbonyl (C=O) groups is 2. The average molecular weight is 760 g/mol. The molecule has 0 aliphatic carbocycles. The van der Waals surface area contributed by atoms with E-state index in [0.29, 0.717) is 42.4 Å². The zero-order chi connectivity index (χ0) is 34.5. The second-order valence-corrected chi connectivity index (χ2v) is 13.1. The van der Waals surface area contributed by atoms with Crippen LogP contribution in [0.2, 0.25) is 0 Å². The van der Waals surface area contributed by atoms with Crippen LogP contribution >= 0.6 is 38.6 Å². The monoisotopic (exact) mass is 758 g/mol. The summed E-state index contributed by atoms with van der Waals surface area (Å²) in [6.45, 7) is 3.44. The summed E-state index contributed by atoms with van der Waals surface area (Å²) < 4.78 is 67.0. The maximum atomic E-state index is 14.1. The van der Waals surface area contributed by atoms with Crippen molar-refractivity contribution in [2.75, 3.05) is 13.2 Å². The largest absolute Gasteiger partial charge is 0.462 e. The lowest BCUT2D eigenvalue weighted by molar-refractivity contribution is 0.0511. The van der Waals surface area contributed by atoms with E-state index >= 15 is 0 Å². The lowest BCUT2D eigenvalue weighted by atomic mass is 10.0. The summed E-state index contributed by atoms with van der Waals surface area (Å²) in [5.74, 6) is -3.44. The molecule has 0 atom stereocenters. The molecule has 0 fully saturated rings. The number of aliphatic hydroxyl groups is 1. The molecule has 0 aliphatic heterocycles. The normalized spacial score (nSPS) is 11.0. The van der Waals surface area contributed by atoms with E-state index in [1.54, 1.807) is 44.2 Å². The molecule has 6 aromatic rings. The summed E-state index contributed by atoms with van der Waals surface area (Å²) >= 11 is 6.10. The van der Waals surface area contributed by atoms with Gasteiger partial charge in [0.25, 0.3) is 0 Å². The van der Waals surface area contributed by atoms with Crippen molar-refractivity contribution in [3.8, 4) is 22.3 Å². The number of hydrogen-bond acceptors (Lipinski definition) is 7. The second kappa shape index (κ2) is 15.4. The number of ether oxygens (including phenoxy) is 2. The van der Waals surface area contributed by atoms with Crippen molar-refractivity contribution >= 4 is 70.7 Å². The van der Waals surface area contributed by atoms with Gasteiger partial charge in [-0.15, -0.1) is 22.7 Å². The lowest BCUT2D eigenvalue weighted by Gasteiger charge is -2.08. The summed E-state index contributed by atoms with van der Waals surface area (Å²) in [6.07, 6.45) is 0. The number of fused-ring (bicyclic) bond motifs is 2. The Bertz CT molecular complexity index is 1990. The highest BCUT2D eigenvalue weighted by molar-refractivity contribution is 9.08. The molecule has 0 saturated carbocycles. The Morgan fingerprint density at radius 2 is 1.06 bits per heavy atom. The van der Waals surface area contributed by atoms with Crippen LogP contribution < -0.4 is 0 Å². The maximum Gasteiger partial charge on any atom is 0.341 e. The molecular weight excluding hydrogens is 732 g/mol. The molecule has 0 saturated heterocycles. The molecular formula is C36H27BrF4O5S2. The molecule has 2 heterocycles. The standard InChI is InChI=1S/C18H13BrF2O2S.C18H14F2O3S/c1-2-23-18(22)14-7-10(3-5-16(14)21)12-4-6-15(20)13-8-11(9-19)24-17(12)13;1-2-23-18(22)14-7-10(3-5-16(14)20)12-4-6-15(19)13-8-11(9-21)24-17(12)13/h3-8H,2,9H2,1H3;3-8,21H,2,9H2,1H3. The lowest BCUT2D eigenvalue weighted by Crippen LogP contribution is -2.07. The summed E-state index contributed by atoms with van der Waals surface area (Å²) in [4.78, 5) is 25.4. The Hall–Kier alpha value is -4.10. The average Bonchev–Trinajstić information content (AvgIpc) is 3.73. The first-order valence-electron chi connectivity index (χ1n) is 14.6. The molecule has 0 radical (unpaired) electrons. The molecule has 4 aromatic carbocycles. The Morgan fingerprint density at radius 3 is 1.48 bits per heavy atom. The first kappa shape index (κ1) is 35.2. The van der Waals surface area contributed by atoms with Gasteiger partial charge in [-0.25, -0.2) is 27.2 Å². The Balaban J connectivity index is 0.000000188. The SMILES string of the molecule is CCOC(=O)c1cc(-c2ccc(F)c3cc(CBr)sc23)ccc1F.CCOC(=O)c1cc(-c2ccc(F)c3cc(CO)sc23)ccc1F. The summed E-state index contributed by atoms with van der Waals surface area (Å²) in [7, 11) is 0. The highest BCUT2D eigenvalue weighted by Crippen LogP contribution is 2.39. The third-order valence-corrected chi connectivity index (χ3v) is 10.5. The molecule has 0 spiro atoms. The van der Waals surface area contributed by atoms with Crippen molar-refractivity contribution in [2.45, 2.75) is 25.8 Å². The quantitative estimate of drug-likeness (QED) is 0.0951. The van der Waals surface area contributed by atoms with Crippen LogP contribution in [0.3, 0.4) is 0 Å². The fourth-order valence-corrected chi connectivity index (χ4v) is 7.62. The summed E-state index contributed by atoms with van der Waals surface area (Å²) in [6, 6.07) is 17.7. The van der Waals surface area contributed by atoms with E-state index in [4.69, 9.17) is 9.47 Å². The van der Waals surface area contributed by atoms with Gasteiger partial charge in [0.2, 0.25) is 0 Å². The minimum Gasteiger partial charge on any atom is -0.462 e. The first-order valence-corrected chi connectivity index (χ1v) is 17.4. The van der Waals surface area contributed by atoms with Gasteiger partial charge >= 0.3 is 11.9 Å². The van der Waals surface area contributed by atoms with Crippen molar-refractivity contribution in [3.63, 3.8) is 0 Å². The van der Waals surface area contributed by atoms with Crippen molar-refractivity contribution < 1.29 is 41.7 Å². The maximum absolute atomic E-state index is 14.1. The van der Waals surface area contributed by atoms with E-state index in [0.717, 1.165) is 15.1 Å². The van der Waals surface area contributed by atoms with E-state index in [2.05, 4.69) is 15.9 Å². The van der Waals surface area contributed by atoms with Crippen LogP contribution in [-0.2, 0) is 21.4 Å². The topological polar surface area (TPSA) is 72.8 Å². The fraction of sp³-hybridized carbons (Fsp3) is 0.167. The van der Waals surface area contributed by atoms with E-state index in [9.17, 15) is 32.3 Å². The molecule has 48 heavy (non-hydrogen) atoms. The Morgan fingerprint density at radius 1 is 0.646 bits per heavy atom. The van der Waals surface area contributed by atoms with Crippen LogP contribution in [0.15, 0.2) is 72.8 Å². The molecule has 0 bridgehead atoms. The highest BCUT2D eigenvalue weighted by Gasteiger charge is 2.19. The molecule has 12 heteroatoms. The van der Waals surface area contributed by atoms with Crippen LogP contribution in [0.5, 0.6) is 0 Å². The molecule has 0 amide bonds. The summed E-state index contributed by atoms with van der Waals surface area (Å²) in [5, 5.41) is 10.8. The van der Waals surface area contributed by atoms with Gasteiger partial charge in [-0.3, -0.25) is 0 Å². The van der Waals surface area contributed by atoms with Crippen LogP contribution in [-0.4, -0.2) is 30.3 Å². The number of benzene rings is 4. The van der Waals surface area contributed by atoms with Crippen molar-refractivity contribution in [3.05, 3.63) is 117 Å². The zero-order valence-electron chi connectivity index (χ0n) is 25.5. The number of esters is 2. The van der Waals surface area contributed by atoms with Crippen LogP contribution in [0.25, 0.3) is 42.4 Å². The second-order valence-electron chi connectivity index (χ2n) is 10.2. The van der Waals surface area contributed by atoms with Gasteiger partial charge in [-0.2, -0.15) is 0 Å². The van der Waals surface area contributed by atoms with Crippen LogP contribution in [0.1, 0.15) is 44.3 Å². The third kappa shape index (κ3) is 7.31. The molecule has 0 aliphatic rings. The van der Waals surface area contributed by atoms with E-state index < -0.39 is 29.4 Å². The number of rotatable bonds is 8. The predicted octanol–water partition coefficient (Wildman–Crippen LogP) is 10.4. The van der Waals surface area contributed by atoms with Gasteiger partial charge in [0.05, 0.1) is 30.9 Å². The fourth-order valence-electron chi connectivity index (χ4n) is 5.00. The summed E-state index contributed by atoms with van der Waals surface area (Å²) in [5.41, 5.74) is 2.37. The molecule has 6 rings (SSSR count). The molecule has 1 N–H and O–H groups in total. The first-order chi connectivity index (χ1) is 23.1. The number of carbonyl (C=O) groups excluding carboxylic acids is 2. The minimum absolute atomic E-state index is 0.121. The van der Waals surface area contributed by atoms with Crippen LogP contribution in [0.4, 0.5) is 17.6 Å². The van der Waals surface area contributed by atoms with Crippen molar-refractivity contribution in [2.24, 2.45) is 0 Å². The van der Waals surface area contributed by atoms with E-state index in [1.807, 2.05) is 0 Å². The molecule has 0 unspecified atom stereocenters.